The highest BCUT2D eigenvalue weighted by atomic mass is 16.6. The van der Waals surface area contributed by atoms with Crippen LogP contribution in [0.25, 0.3) is 0 Å². The molecule has 1 aliphatic heterocycles. The Morgan fingerprint density at radius 2 is 1.58 bits per heavy atom. The van der Waals surface area contributed by atoms with Gasteiger partial charge in [-0.25, -0.2) is 4.79 Å². The quantitative estimate of drug-likeness (QED) is 0.311. The molecular formula is C21H19N3O7. The predicted molar refractivity (Wildman–Crippen MR) is 108 cm³/mol. The number of rotatable bonds is 7. The minimum absolute atomic E-state index is 0.0469. The van der Waals surface area contributed by atoms with Gasteiger partial charge in [0, 0.05) is 6.07 Å². The molecule has 0 bridgehead atoms. The summed E-state index contributed by atoms with van der Waals surface area (Å²) in [4.78, 5) is 61.5. The molecule has 0 saturated carbocycles. The highest BCUT2D eigenvalue weighted by molar-refractivity contribution is 6.22. The number of nitrogens with zero attached hydrogens (tertiary/aromatic N) is 2. The van der Waals surface area contributed by atoms with Crippen LogP contribution in [-0.4, -0.2) is 46.2 Å². The number of benzene rings is 2. The second-order valence-corrected chi connectivity index (χ2v) is 7.14. The topological polar surface area (TPSA) is 136 Å². The number of anilines is 1. The normalized spacial score (nSPS) is 13.7. The van der Waals surface area contributed by atoms with Gasteiger partial charge in [-0.3, -0.25) is 29.4 Å². The average Bonchev–Trinajstić information content (AvgIpc) is 2.98. The molecule has 0 saturated heterocycles. The van der Waals surface area contributed by atoms with Crippen molar-refractivity contribution in [3.8, 4) is 0 Å². The fourth-order valence-corrected chi connectivity index (χ4v) is 3.28. The molecule has 0 aromatic heterocycles. The van der Waals surface area contributed by atoms with Gasteiger partial charge in [-0.15, -0.1) is 0 Å². The Kier molecular flexibility index (Phi) is 6.10. The van der Waals surface area contributed by atoms with Gasteiger partial charge in [-0.05, 0) is 24.1 Å². The van der Waals surface area contributed by atoms with Gasteiger partial charge in [-0.2, -0.15) is 0 Å². The van der Waals surface area contributed by atoms with Crippen molar-refractivity contribution >= 4 is 35.1 Å². The van der Waals surface area contributed by atoms with Gasteiger partial charge in [0.05, 0.1) is 16.1 Å². The zero-order valence-corrected chi connectivity index (χ0v) is 16.7. The summed E-state index contributed by atoms with van der Waals surface area (Å²) in [5, 5.41) is 13.3. The molecule has 10 nitrogen and oxygen atoms in total. The molecule has 0 aliphatic carbocycles. The molecule has 3 rings (SSSR count). The average molecular weight is 425 g/mol. The number of para-hydroxylation sites is 2. The number of imide groups is 1. The van der Waals surface area contributed by atoms with Crippen molar-refractivity contribution in [2.45, 2.75) is 19.9 Å². The van der Waals surface area contributed by atoms with Crippen LogP contribution in [0.4, 0.5) is 11.4 Å². The summed E-state index contributed by atoms with van der Waals surface area (Å²) in [6.07, 6.45) is 0. The van der Waals surface area contributed by atoms with Crippen LogP contribution in [0.1, 0.15) is 34.6 Å². The van der Waals surface area contributed by atoms with E-state index in [2.05, 4.69) is 5.32 Å². The lowest BCUT2D eigenvalue weighted by molar-refractivity contribution is -0.383. The Hall–Kier alpha value is -4.08. The summed E-state index contributed by atoms with van der Waals surface area (Å²) in [6, 6.07) is 10.5. The number of ether oxygens (including phenoxy) is 1. The van der Waals surface area contributed by atoms with Gasteiger partial charge in [-0.1, -0.05) is 38.1 Å². The van der Waals surface area contributed by atoms with Crippen molar-refractivity contribution in [2.75, 3.05) is 11.9 Å². The minimum atomic E-state index is -1.23. The van der Waals surface area contributed by atoms with E-state index in [-0.39, 0.29) is 22.5 Å². The second kappa shape index (κ2) is 8.74. The number of carbonyl (C=O) groups excluding carboxylic acids is 4. The van der Waals surface area contributed by atoms with Crippen molar-refractivity contribution < 1.29 is 28.8 Å². The molecule has 0 unspecified atom stereocenters. The van der Waals surface area contributed by atoms with E-state index in [0.29, 0.717) is 0 Å². The fraction of sp³-hybridized carbons (Fsp3) is 0.238. The SMILES string of the molecule is CC(C)[C@@H](C(=O)OCC(=O)Nc1ccccc1[N+](=O)[O-])N1C(=O)c2ccccc2C1=O. The van der Waals surface area contributed by atoms with Crippen LogP contribution in [0.5, 0.6) is 0 Å². The third-order valence-electron chi connectivity index (χ3n) is 4.70. The van der Waals surface area contributed by atoms with Crippen LogP contribution in [0.3, 0.4) is 0 Å². The number of esters is 1. The summed E-state index contributed by atoms with van der Waals surface area (Å²) in [6.45, 7) is 2.54. The van der Waals surface area contributed by atoms with Crippen molar-refractivity contribution in [1.29, 1.82) is 0 Å². The first-order valence-electron chi connectivity index (χ1n) is 9.39. The van der Waals surface area contributed by atoms with Crippen LogP contribution >= 0.6 is 0 Å². The third kappa shape index (κ3) is 4.27. The first kappa shape index (κ1) is 21.6. The Morgan fingerprint density at radius 3 is 2.13 bits per heavy atom. The van der Waals surface area contributed by atoms with E-state index < -0.39 is 47.2 Å². The lowest BCUT2D eigenvalue weighted by Crippen LogP contribution is -2.49. The van der Waals surface area contributed by atoms with E-state index in [1.807, 2.05) is 0 Å². The van der Waals surface area contributed by atoms with Crippen LogP contribution in [0.15, 0.2) is 48.5 Å². The first-order valence-corrected chi connectivity index (χ1v) is 9.39. The number of hydrogen-bond acceptors (Lipinski definition) is 7. The second-order valence-electron chi connectivity index (χ2n) is 7.14. The Morgan fingerprint density at radius 1 is 1.03 bits per heavy atom. The number of fused-ring (bicyclic) bond motifs is 1. The van der Waals surface area contributed by atoms with Gasteiger partial charge >= 0.3 is 5.97 Å². The number of carbonyl (C=O) groups is 4. The van der Waals surface area contributed by atoms with E-state index in [4.69, 9.17) is 4.74 Å². The molecule has 1 N–H and O–H groups in total. The summed E-state index contributed by atoms with van der Waals surface area (Å²) < 4.78 is 5.04. The number of hydrogen-bond donors (Lipinski definition) is 1. The summed E-state index contributed by atoms with van der Waals surface area (Å²) in [5.74, 6) is -3.43. The molecule has 1 atom stereocenters. The molecule has 0 radical (unpaired) electrons. The zero-order valence-electron chi connectivity index (χ0n) is 16.7. The Labute approximate surface area is 176 Å². The number of nitro groups is 1. The summed E-state index contributed by atoms with van der Waals surface area (Å²) >= 11 is 0. The number of amides is 3. The summed E-state index contributed by atoms with van der Waals surface area (Å²) in [7, 11) is 0. The molecule has 10 heteroatoms. The number of nitro benzene ring substituents is 1. The smallest absolute Gasteiger partial charge is 0.330 e. The van der Waals surface area contributed by atoms with E-state index in [0.717, 1.165) is 4.90 Å². The molecule has 0 fully saturated rings. The molecule has 31 heavy (non-hydrogen) atoms. The molecule has 3 amide bonds. The molecular weight excluding hydrogens is 406 g/mol. The highest BCUT2D eigenvalue weighted by Crippen LogP contribution is 2.28. The van der Waals surface area contributed by atoms with E-state index in [1.165, 1.54) is 36.4 Å². The van der Waals surface area contributed by atoms with Crippen LogP contribution in [0.2, 0.25) is 0 Å². The van der Waals surface area contributed by atoms with E-state index >= 15 is 0 Å². The van der Waals surface area contributed by atoms with Crippen molar-refractivity contribution in [3.63, 3.8) is 0 Å². The Balaban J connectivity index is 1.70. The van der Waals surface area contributed by atoms with Crippen LogP contribution < -0.4 is 5.32 Å². The lowest BCUT2D eigenvalue weighted by atomic mass is 10.0. The molecule has 2 aromatic carbocycles. The molecule has 1 heterocycles. The first-order chi connectivity index (χ1) is 14.7. The maximum atomic E-state index is 12.7. The van der Waals surface area contributed by atoms with Gasteiger partial charge in [0.1, 0.15) is 11.7 Å². The van der Waals surface area contributed by atoms with Crippen LogP contribution in [0, 0.1) is 16.0 Å². The highest BCUT2D eigenvalue weighted by Gasteiger charge is 2.44. The van der Waals surface area contributed by atoms with Crippen LogP contribution in [-0.2, 0) is 14.3 Å². The third-order valence-corrected chi connectivity index (χ3v) is 4.70. The monoisotopic (exact) mass is 425 g/mol. The standard InChI is InChI=1S/C21H19N3O7/c1-12(2)18(23-19(26)13-7-3-4-8-14(13)20(23)27)21(28)31-11-17(25)22-15-9-5-6-10-16(15)24(29)30/h3-10,12,18H,11H2,1-2H3,(H,22,25)/t18-/m0/s1. The molecule has 2 aromatic rings. The summed E-state index contributed by atoms with van der Waals surface area (Å²) in [5.41, 5.74) is 0.0303. The minimum Gasteiger partial charge on any atom is -0.454 e. The van der Waals surface area contributed by atoms with Gasteiger partial charge in [0.2, 0.25) is 0 Å². The van der Waals surface area contributed by atoms with Gasteiger partial charge in [0.15, 0.2) is 6.61 Å². The van der Waals surface area contributed by atoms with E-state index in [1.54, 1.807) is 26.0 Å². The maximum Gasteiger partial charge on any atom is 0.330 e. The molecule has 0 spiro atoms. The van der Waals surface area contributed by atoms with E-state index in [9.17, 15) is 29.3 Å². The largest absolute Gasteiger partial charge is 0.454 e. The molecule has 1 aliphatic rings. The predicted octanol–water partition coefficient (Wildman–Crippen LogP) is 2.40. The zero-order chi connectivity index (χ0) is 22.7. The molecule has 160 valence electrons. The fourth-order valence-electron chi connectivity index (χ4n) is 3.28. The van der Waals surface area contributed by atoms with Crippen molar-refractivity contribution in [2.24, 2.45) is 5.92 Å². The Bertz CT molecular complexity index is 1050. The van der Waals surface area contributed by atoms with Gasteiger partial charge < -0.3 is 10.1 Å². The van der Waals surface area contributed by atoms with Crippen molar-refractivity contribution in [1.82, 2.24) is 4.90 Å². The van der Waals surface area contributed by atoms with Gasteiger partial charge in [0.25, 0.3) is 23.4 Å². The number of nitrogens with one attached hydrogen (secondary N) is 1. The van der Waals surface area contributed by atoms with Crippen molar-refractivity contribution in [3.05, 3.63) is 69.8 Å². The lowest BCUT2D eigenvalue weighted by Gasteiger charge is -2.27. The maximum absolute atomic E-state index is 12.7.